The first-order chi connectivity index (χ1) is 9.47. The second kappa shape index (κ2) is 5.79. The van der Waals surface area contributed by atoms with Crippen molar-refractivity contribution in [1.82, 2.24) is 4.98 Å². The lowest BCUT2D eigenvalue weighted by atomic mass is 10.2. The van der Waals surface area contributed by atoms with Crippen LogP contribution in [0.4, 0.5) is 14.5 Å². The van der Waals surface area contributed by atoms with Gasteiger partial charge in [0.25, 0.3) is 0 Å². The van der Waals surface area contributed by atoms with E-state index in [1.807, 2.05) is 0 Å². The van der Waals surface area contributed by atoms with Crippen LogP contribution in [0, 0.1) is 21.9 Å². The molecule has 0 aliphatic carbocycles. The number of nitrogens with zero attached hydrogens (tertiary/aromatic N) is 2. The van der Waals surface area contributed by atoms with Crippen LogP contribution in [0.2, 0.25) is 5.02 Å². The molecule has 104 valence electrons. The quantitative estimate of drug-likeness (QED) is 0.492. The molecule has 2 aromatic rings. The molecule has 0 unspecified atom stereocenters. The zero-order valence-corrected chi connectivity index (χ0v) is 10.6. The van der Waals surface area contributed by atoms with Gasteiger partial charge in [-0.1, -0.05) is 11.6 Å². The number of hydrogen-bond donors (Lipinski definition) is 0. The van der Waals surface area contributed by atoms with Gasteiger partial charge in [-0.3, -0.25) is 10.1 Å². The molecule has 1 heterocycles. The molecule has 0 saturated heterocycles. The lowest BCUT2D eigenvalue weighted by molar-refractivity contribution is -0.387. The molecule has 0 aliphatic heterocycles. The van der Waals surface area contributed by atoms with Crippen molar-refractivity contribution in [2.75, 3.05) is 0 Å². The third-order valence-electron chi connectivity index (χ3n) is 2.41. The fraction of sp³-hybridized carbons (Fsp3) is 0.0833. The number of halogens is 3. The molecule has 0 saturated carbocycles. The lowest BCUT2D eigenvalue weighted by Crippen LogP contribution is -2.00. The van der Waals surface area contributed by atoms with E-state index in [1.54, 1.807) is 0 Å². The smallest absolute Gasteiger partial charge is 0.306 e. The molecular formula is C12H7ClF2N2O3. The molecule has 0 bridgehead atoms. The van der Waals surface area contributed by atoms with Gasteiger partial charge in [-0.25, -0.2) is 4.98 Å². The molecule has 0 fully saturated rings. The Morgan fingerprint density at radius 2 is 2.10 bits per heavy atom. The van der Waals surface area contributed by atoms with Crippen LogP contribution >= 0.6 is 11.6 Å². The average Bonchev–Trinajstić information content (AvgIpc) is 2.41. The number of nitro benzene ring substituents is 1. The molecule has 1 aromatic carbocycles. The highest BCUT2D eigenvalue weighted by molar-refractivity contribution is 6.31. The van der Waals surface area contributed by atoms with Crippen LogP contribution in [0.5, 0.6) is 5.75 Å². The highest BCUT2D eigenvalue weighted by atomic mass is 35.5. The molecule has 0 radical (unpaired) electrons. The average molecular weight is 301 g/mol. The van der Waals surface area contributed by atoms with Crippen LogP contribution in [0.1, 0.15) is 5.56 Å². The predicted octanol–water partition coefficient (Wildman–Crippen LogP) is 3.50. The van der Waals surface area contributed by atoms with Crippen LogP contribution < -0.4 is 4.74 Å². The largest absolute Gasteiger partial charge is 0.487 e. The first kappa shape index (κ1) is 14.1. The van der Waals surface area contributed by atoms with Gasteiger partial charge in [0.1, 0.15) is 12.4 Å². The van der Waals surface area contributed by atoms with E-state index in [1.165, 1.54) is 6.07 Å². The van der Waals surface area contributed by atoms with E-state index in [0.717, 1.165) is 24.4 Å². The third-order valence-corrected chi connectivity index (χ3v) is 2.76. The van der Waals surface area contributed by atoms with E-state index in [9.17, 15) is 18.9 Å². The maximum absolute atomic E-state index is 13.4. The van der Waals surface area contributed by atoms with Gasteiger partial charge < -0.3 is 4.74 Å². The summed E-state index contributed by atoms with van der Waals surface area (Å²) in [6.07, 6.45) is 1.16. The summed E-state index contributed by atoms with van der Waals surface area (Å²) in [6.45, 7) is -0.124. The second-order valence-electron chi connectivity index (χ2n) is 3.76. The number of rotatable bonds is 4. The van der Waals surface area contributed by atoms with E-state index in [0.29, 0.717) is 0 Å². The highest BCUT2D eigenvalue weighted by Gasteiger charge is 2.17. The van der Waals surface area contributed by atoms with Crippen molar-refractivity contribution in [2.45, 2.75) is 6.61 Å². The number of nitro groups is 1. The number of aromatic nitrogens is 1. The summed E-state index contributed by atoms with van der Waals surface area (Å²) in [5, 5.41) is 10.5. The molecule has 0 atom stereocenters. The van der Waals surface area contributed by atoms with E-state index in [4.69, 9.17) is 16.3 Å². The maximum atomic E-state index is 13.4. The van der Waals surface area contributed by atoms with Crippen molar-refractivity contribution in [2.24, 2.45) is 0 Å². The van der Waals surface area contributed by atoms with Crippen LogP contribution in [0.25, 0.3) is 0 Å². The SMILES string of the molecule is O=[N+]([O-])c1cc(Cl)c(COc2ccc(F)nc2)cc1F. The zero-order chi connectivity index (χ0) is 14.7. The Labute approximate surface area is 116 Å². The molecule has 0 amide bonds. The van der Waals surface area contributed by atoms with E-state index < -0.39 is 22.4 Å². The van der Waals surface area contributed by atoms with Crippen molar-refractivity contribution >= 4 is 17.3 Å². The Kier molecular flexibility index (Phi) is 4.09. The van der Waals surface area contributed by atoms with Gasteiger partial charge in [-0.05, 0) is 18.2 Å². The summed E-state index contributed by atoms with van der Waals surface area (Å²) < 4.78 is 31.3. The minimum absolute atomic E-state index is 0.00757. The Morgan fingerprint density at radius 1 is 1.35 bits per heavy atom. The Hall–Kier alpha value is -2.28. The van der Waals surface area contributed by atoms with Crippen LogP contribution in [-0.4, -0.2) is 9.91 Å². The number of ether oxygens (including phenoxy) is 1. The van der Waals surface area contributed by atoms with Crippen LogP contribution in [0.15, 0.2) is 30.5 Å². The first-order valence-electron chi connectivity index (χ1n) is 5.34. The zero-order valence-electron chi connectivity index (χ0n) is 9.85. The monoisotopic (exact) mass is 300 g/mol. The Balaban J connectivity index is 2.16. The van der Waals surface area contributed by atoms with E-state index >= 15 is 0 Å². The third kappa shape index (κ3) is 3.18. The van der Waals surface area contributed by atoms with Crippen molar-refractivity contribution < 1.29 is 18.4 Å². The van der Waals surface area contributed by atoms with Gasteiger partial charge in [0.05, 0.1) is 16.1 Å². The predicted molar refractivity (Wildman–Crippen MR) is 66.6 cm³/mol. The second-order valence-corrected chi connectivity index (χ2v) is 4.16. The van der Waals surface area contributed by atoms with Gasteiger partial charge >= 0.3 is 5.69 Å². The lowest BCUT2D eigenvalue weighted by Gasteiger charge is -2.07. The normalized spacial score (nSPS) is 10.3. The number of hydrogen-bond acceptors (Lipinski definition) is 4. The fourth-order valence-electron chi connectivity index (χ4n) is 1.44. The van der Waals surface area contributed by atoms with Gasteiger partial charge in [-0.2, -0.15) is 8.78 Å². The summed E-state index contributed by atoms with van der Waals surface area (Å²) in [4.78, 5) is 13.0. The van der Waals surface area contributed by atoms with E-state index in [2.05, 4.69) is 4.98 Å². The van der Waals surface area contributed by atoms with Gasteiger partial charge in [0.15, 0.2) is 0 Å². The molecule has 20 heavy (non-hydrogen) atoms. The van der Waals surface area contributed by atoms with Crippen molar-refractivity contribution in [3.05, 3.63) is 62.9 Å². The summed E-state index contributed by atoms with van der Waals surface area (Å²) in [6, 6.07) is 4.29. The van der Waals surface area contributed by atoms with Gasteiger partial charge in [-0.15, -0.1) is 0 Å². The Bertz CT molecular complexity index is 650. The Morgan fingerprint density at radius 3 is 2.70 bits per heavy atom. The van der Waals surface area contributed by atoms with Gasteiger partial charge in [0.2, 0.25) is 11.8 Å². The topological polar surface area (TPSA) is 65.3 Å². The molecule has 5 nitrogen and oxygen atoms in total. The van der Waals surface area contributed by atoms with Gasteiger partial charge in [0, 0.05) is 11.6 Å². The summed E-state index contributed by atoms with van der Waals surface area (Å²) in [7, 11) is 0. The standard InChI is InChI=1S/C12H7ClF2N2O3/c13-9-4-11(17(18)19)10(14)3-7(9)6-20-8-1-2-12(15)16-5-8/h1-5H,6H2. The maximum Gasteiger partial charge on any atom is 0.306 e. The van der Waals surface area contributed by atoms with Crippen LogP contribution in [0.3, 0.4) is 0 Å². The molecule has 1 aromatic heterocycles. The minimum Gasteiger partial charge on any atom is -0.487 e. The molecule has 0 spiro atoms. The molecule has 8 heteroatoms. The molecular weight excluding hydrogens is 294 g/mol. The minimum atomic E-state index is -1.00. The highest BCUT2D eigenvalue weighted by Crippen LogP contribution is 2.27. The fourth-order valence-corrected chi connectivity index (χ4v) is 1.65. The van der Waals surface area contributed by atoms with Crippen molar-refractivity contribution in [3.63, 3.8) is 0 Å². The number of pyridine rings is 1. The molecule has 2 rings (SSSR count). The molecule has 0 aliphatic rings. The van der Waals surface area contributed by atoms with Crippen molar-refractivity contribution in [3.8, 4) is 5.75 Å². The summed E-state index contributed by atoms with van der Waals surface area (Å²) in [5.41, 5.74) is -0.471. The van der Waals surface area contributed by atoms with Crippen LogP contribution in [-0.2, 0) is 6.61 Å². The summed E-state index contributed by atoms with van der Waals surface area (Å²) in [5.74, 6) is -1.40. The first-order valence-corrected chi connectivity index (χ1v) is 5.72. The van der Waals surface area contributed by atoms with Crippen molar-refractivity contribution in [1.29, 1.82) is 0 Å². The van der Waals surface area contributed by atoms with E-state index in [-0.39, 0.29) is 22.9 Å². The number of benzene rings is 1. The summed E-state index contributed by atoms with van der Waals surface area (Å²) >= 11 is 5.81. The molecule has 0 N–H and O–H groups in total.